The van der Waals surface area contributed by atoms with Gasteiger partial charge in [-0.05, 0) is 37.4 Å². The largest absolute Gasteiger partial charge is 0.272 e. The Balaban J connectivity index is 1.61. The molecule has 3 aromatic heterocycles. The van der Waals surface area contributed by atoms with Gasteiger partial charge >= 0.3 is 0 Å². The van der Waals surface area contributed by atoms with Gasteiger partial charge in [0, 0.05) is 16.5 Å². The van der Waals surface area contributed by atoms with Crippen LogP contribution in [0.1, 0.15) is 11.4 Å². The zero-order chi connectivity index (χ0) is 19.1. The SMILES string of the molecule is CSc1nnc(Cn2ncc3cc4ccccc4nc32)n1-c1ccc(C)cc1. The minimum atomic E-state index is 0.496. The Morgan fingerprint density at radius 3 is 2.61 bits per heavy atom. The van der Waals surface area contributed by atoms with E-state index in [0.29, 0.717) is 6.54 Å². The first-order valence-electron chi connectivity index (χ1n) is 8.99. The first kappa shape index (κ1) is 16.9. The van der Waals surface area contributed by atoms with Crippen molar-refractivity contribution in [3.8, 4) is 5.69 Å². The number of nitrogens with zero attached hydrogens (tertiary/aromatic N) is 6. The summed E-state index contributed by atoms with van der Waals surface area (Å²) in [6.45, 7) is 2.58. The molecule has 138 valence electrons. The number of para-hydroxylation sites is 1. The van der Waals surface area contributed by atoms with Crippen LogP contribution in [0, 0.1) is 6.92 Å². The lowest BCUT2D eigenvalue weighted by atomic mass is 10.2. The highest BCUT2D eigenvalue weighted by Crippen LogP contribution is 2.23. The highest BCUT2D eigenvalue weighted by Gasteiger charge is 2.16. The predicted octanol–water partition coefficient (Wildman–Crippen LogP) is 4.24. The van der Waals surface area contributed by atoms with Gasteiger partial charge in [-0.3, -0.25) is 4.57 Å². The Hall–Kier alpha value is -3.19. The van der Waals surface area contributed by atoms with Crippen molar-refractivity contribution >= 4 is 33.7 Å². The lowest BCUT2D eigenvalue weighted by molar-refractivity contribution is 0.655. The highest BCUT2D eigenvalue weighted by atomic mass is 32.2. The molecule has 0 aliphatic heterocycles. The maximum absolute atomic E-state index is 4.81. The van der Waals surface area contributed by atoms with E-state index in [0.717, 1.165) is 38.6 Å². The van der Waals surface area contributed by atoms with Crippen LogP contribution in [-0.2, 0) is 6.54 Å². The number of thioether (sulfide) groups is 1. The van der Waals surface area contributed by atoms with Gasteiger partial charge in [0.05, 0.1) is 11.7 Å². The number of hydrogen-bond donors (Lipinski definition) is 0. The third-order valence-electron chi connectivity index (χ3n) is 4.78. The van der Waals surface area contributed by atoms with Crippen molar-refractivity contribution in [2.24, 2.45) is 0 Å². The number of fused-ring (bicyclic) bond motifs is 2. The molecule has 0 aliphatic carbocycles. The monoisotopic (exact) mass is 386 g/mol. The number of hydrogen-bond acceptors (Lipinski definition) is 5. The smallest absolute Gasteiger partial charge is 0.195 e. The summed E-state index contributed by atoms with van der Waals surface area (Å²) in [4.78, 5) is 4.81. The van der Waals surface area contributed by atoms with E-state index in [1.807, 2.05) is 35.3 Å². The van der Waals surface area contributed by atoms with Gasteiger partial charge in [0.25, 0.3) is 0 Å². The summed E-state index contributed by atoms with van der Waals surface area (Å²) in [5.74, 6) is 0.827. The van der Waals surface area contributed by atoms with Gasteiger partial charge in [-0.1, -0.05) is 47.7 Å². The van der Waals surface area contributed by atoms with Crippen molar-refractivity contribution in [2.75, 3.05) is 6.26 Å². The van der Waals surface area contributed by atoms with Crippen LogP contribution in [0.15, 0.2) is 66.0 Å². The summed E-state index contributed by atoms with van der Waals surface area (Å²) >= 11 is 1.58. The molecule has 0 spiro atoms. The normalized spacial score (nSPS) is 11.5. The average Bonchev–Trinajstić information content (AvgIpc) is 3.31. The molecule has 5 rings (SSSR count). The molecule has 0 atom stereocenters. The quantitative estimate of drug-likeness (QED) is 0.432. The number of aryl methyl sites for hydroxylation is 1. The first-order chi connectivity index (χ1) is 13.7. The lowest BCUT2D eigenvalue weighted by Gasteiger charge is -2.10. The van der Waals surface area contributed by atoms with E-state index < -0.39 is 0 Å². The molecule has 2 aromatic carbocycles. The minimum absolute atomic E-state index is 0.496. The van der Waals surface area contributed by atoms with Crippen LogP contribution >= 0.6 is 11.8 Å². The highest BCUT2D eigenvalue weighted by molar-refractivity contribution is 7.98. The van der Waals surface area contributed by atoms with Crippen molar-refractivity contribution in [3.05, 3.63) is 72.2 Å². The van der Waals surface area contributed by atoms with E-state index in [2.05, 4.69) is 63.2 Å². The molecule has 0 bridgehead atoms. The van der Waals surface area contributed by atoms with Crippen molar-refractivity contribution in [2.45, 2.75) is 18.6 Å². The van der Waals surface area contributed by atoms with Crippen LogP contribution in [0.2, 0.25) is 0 Å². The fourth-order valence-electron chi connectivity index (χ4n) is 3.35. The fourth-order valence-corrected chi connectivity index (χ4v) is 3.86. The van der Waals surface area contributed by atoms with Gasteiger partial charge in [0.2, 0.25) is 0 Å². The summed E-state index contributed by atoms with van der Waals surface area (Å²) in [5.41, 5.74) is 4.08. The van der Waals surface area contributed by atoms with Crippen LogP contribution in [0.3, 0.4) is 0 Å². The molecular formula is C21H18N6S. The summed E-state index contributed by atoms with van der Waals surface area (Å²) < 4.78 is 3.97. The summed E-state index contributed by atoms with van der Waals surface area (Å²) in [5, 5.41) is 16.3. The molecule has 28 heavy (non-hydrogen) atoms. The van der Waals surface area contributed by atoms with Gasteiger partial charge < -0.3 is 0 Å². The van der Waals surface area contributed by atoms with Gasteiger partial charge in [0.15, 0.2) is 16.6 Å². The molecule has 0 N–H and O–H groups in total. The molecule has 0 unspecified atom stereocenters. The Morgan fingerprint density at radius 2 is 1.79 bits per heavy atom. The summed E-state index contributed by atoms with van der Waals surface area (Å²) in [6.07, 6.45) is 3.87. The molecule has 5 aromatic rings. The number of pyridine rings is 1. The third-order valence-corrected chi connectivity index (χ3v) is 5.41. The van der Waals surface area contributed by atoms with Gasteiger partial charge in [0.1, 0.15) is 6.54 Å². The van der Waals surface area contributed by atoms with Crippen LogP contribution in [0.25, 0.3) is 27.6 Å². The van der Waals surface area contributed by atoms with Crippen LogP contribution in [0.4, 0.5) is 0 Å². The van der Waals surface area contributed by atoms with E-state index in [9.17, 15) is 0 Å². The zero-order valence-corrected chi connectivity index (χ0v) is 16.4. The molecule has 0 fully saturated rings. The second-order valence-electron chi connectivity index (χ2n) is 6.67. The topological polar surface area (TPSA) is 61.4 Å². The van der Waals surface area contributed by atoms with E-state index in [4.69, 9.17) is 4.98 Å². The number of aromatic nitrogens is 6. The van der Waals surface area contributed by atoms with Crippen molar-refractivity contribution in [1.29, 1.82) is 0 Å². The Morgan fingerprint density at radius 1 is 0.964 bits per heavy atom. The van der Waals surface area contributed by atoms with Crippen LogP contribution in [-0.4, -0.2) is 35.8 Å². The number of benzene rings is 2. The molecule has 0 amide bonds. The molecular weight excluding hydrogens is 368 g/mol. The van der Waals surface area contributed by atoms with Crippen molar-refractivity contribution in [1.82, 2.24) is 29.5 Å². The van der Waals surface area contributed by atoms with E-state index in [-0.39, 0.29) is 0 Å². The molecule has 7 heteroatoms. The van der Waals surface area contributed by atoms with Crippen molar-refractivity contribution < 1.29 is 0 Å². The maximum atomic E-state index is 4.81. The van der Waals surface area contributed by atoms with E-state index in [1.54, 1.807) is 11.8 Å². The summed E-state index contributed by atoms with van der Waals surface area (Å²) in [7, 11) is 0. The van der Waals surface area contributed by atoms with E-state index in [1.165, 1.54) is 5.56 Å². The lowest BCUT2D eigenvalue weighted by Crippen LogP contribution is -2.10. The van der Waals surface area contributed by atoms with Gasteiger partial charge in [-0.25, -0.2) is 9.67 Å². The Labute approximate surface area is 166 Å². The predicted molar refractivity (Wildman–Crippen MR) is 112 cm³/mol. The molecule has 0 radical (unpaired) electrons. The fraction of sp³-hybridized carbons (Fsp3) is 0.143. The van der Waals surface area contributed by atoms with Gasteiger partial charge in [-0.2, -0.15) is 5.10 Å². The minimum Gasteiger partial charge on any atom is -0.272 e. The third kappa shape index (κ3) is 2.84. The van der Waals surface area contributed by atoms with Crippen LogP contribution < -0.4 is 0 Å². The Bertz CT molecular complexity index is 1290. The average molecular weight is 386 g/mol. The standard InChI is InChI=1S/C21H18N6S/c1-14-7-9-17(10-8-14)27-19(24-25-21(27)28-2)13-26-20-16(12-22-26)11-15-5-3-4-6-18(15)23-20/h3-12H,13H2,1-2H3. The molecule has 6 nitrogen and oxygen atoms in total. The van der Waals surface area contributed by atoms with Crippen LogP contribution in [0.5, 0.6) is 0 Å². The second-order valence-corrected chi connectivity index (χ2v) is 7.44. The second kappa shape index (κ2) is 6.76. The first-order valence-corrected chi connectivity index (χ1v) is 10.2. The van der Waals surface area contributed by atoms with Crippen molar-refractivity contribution in [3.63, 3.8) is 0 Å². The Kier molecular flexibility index (Phi) is 4.09. The van der Waals surface area contributed by atoms with E-state index >= 15 is 0 Å². The molecule has 0 aliphatic rings. The van der Waals surface area contributed by atoms with Gasteiger partial charge in [-0.15, -0.1) is 10.2 Å². The summed E-state index contributed by atoms with van der Waals surface area (Å²) in [6, 6.07) is 18.6. The number of rotatable bonds is 4. The molecule has 0 saturated carbocycles. The zero-order valence-electron chi connectivity index (χ0n) is 15.6. The molecule has 0 saturated heterocycles. The molecule has 3 heterocycles. The maximum Gasteiger partial charge on any atom is 0.195 e.